The Hall–Kier alpha value is -1.15. The number of hydrogen-bond donors (Lipinski definition) is 0. The van der Waals surface area contributed by atoms with E-state index in [9.17, 15) is 8.42 Å². The van der Waals surface area contributed by atoms with E-state index >= 15 is 0 Å². The van der Waals surface area contributed by atoms with Gasteiger partial charge in [0.15, 0.2) is 0 Å². The maximum absolute atomic E-state index is 12.6. The van der Waals surface area contributed by atoms with Gasteiger partial charge in [-0.05, 0) is 23.6 Å². The van der Waals surface area contributed by atoms with E-state index in [4.69, 9.17) is 0 Å². The molecule has 3 heterocycles. The van der Waals surface area contributed by atoms with Crippen LogP contribution in [0.25, 0.3) is 0 Å². The van der Waals surface area contributed by atoms with Gasteiger partial charge in [-0.3, -0.25) is 0 Å². The third-order valence-electron chi connectivity index (χ3n) is 3.56. The average molecular weight is 311 g/mol. The maximum atomic E-state index is 12.6. The minimum atomic E-state index is -3.44. The molecule has 7 heteroatoms. The van der Waals surface area contributed by atoms with E-state index in [-0.39, 0.29) is 6.04 Å². The summed E-state index contributed by atoms with van der Waals surface area (Å²) < 4.78 is 30.1. The summed E-state index contributed by atoms with van der Waals surface area (Å²) in [5, 5.41) is 1.98. The molecule has 1 atom stereocenters. The van der Waals surface area contributed by atoms with Crippen LogP contribution in [-0.4, -0.2) is 42.2 Å². The predicted molar refractivity (Wildman–Crippen MR) is 79.9 cm³/mol. The zero-order valence-electron chi connectivity index (χ0n) is 11.4. The molecule has 0 saturated heterocycles. The highest BCUT2D eigenvalue weighted by molar-refractivity contribution is 7.86. The SMILES string of the molecule is CN(C)S(=O)(=O)N1CCn2cccc2C1c1cccs1. The lowest BCUT2D eigenvalue weighted by atomic mass is 10.1. The van der Waals surface area contributed by atoms with Crippen molar-refractivity contribution in [3.8, 4) is 0 Å². The van der Waals surface area contributed by atoms with Crippen LogP contribution < -0.4 is 0 Å². The van der Waals surface area contributed by atoms with E-state index in [0.29, 0.717) is 13.1 Å². The molecule has 0 bridgehead atoms. The van der Waals surface area contributed by atoms with Crippen molar-refractivity contribution in [2.45, 2.75) is 12.6 Å². The molecule has 1 aliphatic rings. The number of nitrogens with zero attached hydrogens (tertiary/aromatic N) is 3. The highest BCUT2D eigenvalue weighted by atomic mass is 32.2. The summed E-state index contributed by atoms with van der Waals surface area (Å²) in [4.78, 5) is 1.05. The van der Waals surface area contributed by atoms with Crippen molar-refractivity contribution < 1.29 is 8.42 Å². The largest absolute Gasteiger partial charge is 0.348 e. The Kier molecular flexibility index (Phi) is 3.45. The normalized spacial score (nSPS) is 20.2. The smallest absolute Gasteiger partial charge is 0.282 e. The highest BCUT2D eigenvalue weighted by Crippen LogP contribution is 2.36. The van der Waals surface area contributed by atoms with Crippen LogP contribution in [0.1, 0.15) is 16.6 Å². The lowest BCUT2D eigenvalue weighted by Gasteiger charge is -2.36. The van der Waals surface area contributed by atoms with E-state index in [2.05, 4.69) is 4.57 Å². The van der Waals surface area contributed by atoms with Gasteiger partial charge >= 0.3 is 0 Å². The van der Waals surface area contributed by atoms with Gasteiger partial charge in [-0.2, -0.15) is 17.0 Å². The summed E-state index contributed by atoms with van der Waals surface area (Å²) in [6.45, 7) is 1.18. The first kappa shape index (κ1) is 13.8. The fraction of sp³-hybridized carbons (Fsp3) is 0.385. The van der Waals surface area contributed by atoms with Crippen molar-refractivity contribution in [2.75, 3.05) is 20.6 Å². The third kappa shape index (κ3) is 2.10. The van der Waals surface area contributed by atoms with E-state index in [1.807, 2.05) is 35.8 Å². The zero-order valence-corrected chi connectivity index (χ0v) is 13.1. The standard InChI is InChI=1S/C13H17N3O2S2/c1-14(2)20(17,18)16-9-8-15-7-3-5-11(15)13(16)12-6-4-10-19-12/h3-7,10,13H,8-9H2,1-2H3. The molecule has 0 amide bonds. The predicted octanol–water partition coefficient (Wildman–Crippen LogP) is 1.76. The van der Waals surface area contributed by atoms with Gasteiger partial charge in [0.25, 0.3) is 10.2 Å². The zero-order chi connectivity index (χ0) is 14.3. The van der Waals surface area contributed by atoms with Crippen LogP contribution in [-0.2, 0) is 16.8 Å². The maximum Gasteiger partial charge on any atom is 0.282 e. The molecule has 0 fully saturated rings. The number of thiophene rings is 1. The quantitative estimate of drug-likeness (QED) is 0.867. The van der Waals surface area contributed by atoms with Crippen molar-refractivity contribution in [2.24, 2.45) is 0 Å². The number of aromatic nitrogens is 1. The van der Waals surface area contributed by atoms with Crippen molar-refractivity contribution in [1.29, 1.82) is 0 Å². The number of hydrogen-bond acceptors (Lipinski definition) is 3. The van der Waals surface area contributed by atoms with E-state index in [1.54, 1.807) is 29.7 Å². The second-order valence-corrected chi connectivity index (χ2v) is 8.02. The van der Waals surface area contributed by atoms with Crippen LogP contribution in [0.5, 0.6) is 0 Å². The molecule has 2 aromatic rings. The van der Waals surface area contributed by atoms with E-state index in [0.717, 1.165) is 10.6 Å². The molecule has 0 saturated carbocycles. The van der Waals surface area contributed by atoms with E-state index < -0.39 is 10.2 Å². The molecular weight excluding hydrogens is 294 g/mol. The average Bonchev–Trinajstić information content (AvgIpc) is 3.08. The molecule has 0 aromatic carbocycles. The molecule has 0 aliphatic carbocycles. The first-order chi connectivity index (χ1) is 9.51. The van der Waals surface area contributed by atoms with Crippen molar-refractivity contribution in [1.82, 2.24) is 13.2 Å². The minimum absolute atomic E-state index is 0.230. The second kappa shape index (κ2) is 5.00. The molecular formula is C13H17N3O2S2. The first-order valence-electron chi connectivity index (χ1n) is 6.39. The van der Waals surface area contributed by atoms with Gasteiger partial charge in [0.05, 0.1) is 0 Å². The highest BCUT2D eigenvalue weighted by Gasteiger charge is 2.38. The van der Waals surface area contributed by atoms with Crippen LogP contribution >= 0.6 is 11.3 Å². The number of rotatable bonds is 3. The Bertz CT molecular complexity index is 689. The van der Waals surface area contributed by atoms with Crippen molar-refractivity contribution in [3.05, 3.63) is 46.4 Å². The van der Waals surface area contributed by atoms with Crippen LogP contribution in [0.15, 0.2) is 35.8 Å². The van der Waals surface area contributed by atoms with E-state index in [1.165, 1.54) is 4.31 Å². The van der Waals surface area contributed by atoms with Gasteiger partial charge in [0.2, 0.25) is 0 Å². The summed E-state index contributed by atoms with van der Waals surface area (Å²) in [6, 6.07) is 7.70. The first-order valence-corrected chi connectivity index (χ1v) is 8.67. The molecule has 0 radical (unpaired) electrons. The van der Waals surface area contributed by atoms with Crippen molar-refractivity contribution >= 4 is 21.5 Å². The summed E-state index contributed by atoms with van der Waals surface area (Å²) in [5.74, 6) is 0. The Labute approximate surface area is 123 Å². The number of fused-ring (bicyclic) bond motifs is 1. The van der Waals surface area contributed by atoms with Crippen molar-refractivity contribution in [3.63, 3.8) is 0 Å². The monoisotopic (exact) mass is 311 g/mol. The van der Waals surface area contributed by atoms with Gasteiger partial charge in [-0.15, -0.1) is 11.3 Å². The summed E-state index contributed by atoms with van der Waals surface area (Å²) in [5.41, 5.74) is 1.03. The summed E-state index contributed by atoms with van der Waals surface area (Å²) in [7, 11) is -0.280. The van der Waals surface area contributed by atoms with Gasteiger partial charge in [0, 0.05) is 44.0 Å². The third-order valence-corrected chi connectivity index (χ3v) is 6.40. The van der Waals surface area contributed by atoms with Crippen LogP contribution in [0.2, 0.25) is 0 Å². The minimum Gasteiger partial charge on any atom is -0.348 e. The van der Waals surface area contributed by atoms with Gasteiger partial charge in [-0.1, -0.05) is 6.07 Å². The molecule has 1 aliphatic heterocycles. The lowest BCUT2D eigenvalue weighted by Crippen LogP contribution is -2.46. The van der Waals surface area contributed by atoms with Crippen LogP contribution in [0, 0.1) is 0 Å². The fourth-order valence-corrected chi connectivity index (χ4v) is 4.69. The van der Waals surface area contributed by atoms with Crippen LogP contribution in [0.3, 0.4) is 0 Å². The Balaban J connectivity index is 2.12. The van der Waals surface area contributed by atoms with Gasteiger partial charge in [0.1, 0.15) is 6.04 Å². The second-order valence-electron chi connectivity index (χ2n) is 4.95. The summed E-state index contributed by atoms with van der Waals surface area (Å²) in [6.07, 6.45) is 2.01. The molecule has 2 aromatic heterocycles. The molecule has 108 valence electrons. The molecule has 20 heavy (non-hydrogen) atoms. The molecule has 0 spiro atoms. The Morgan fingerprint density at radius 3 is 2.70 bits per heavy atom. The van der Waals surface area contributed by atoms with Crippen LogP contribution in [0.4, 0.5) is 0 Å². The lowest BCUT2D eigenvalue weighted by molar-refractivity contribution is 0.284. The Morgan fingerprint density at radius 1 is 1.25 bits per heavy atom. The fourth-order valence-electron chi connectivity index (χ4n) is 2.55. The molecule has 0 N–H and O–H groups in total. The molecule has 5 nitrogen and oxygen atoms in total. The summed E-state index contributed by atoms with van der Waals surface area (Å²) >= 11 is 1.59. The topological polar surface area (TPSA) is 45.6 Å². The molecule has 1 unspecified atom stereocenters. The Morgan fingerprint density at radius 2 is 2.05 bits per heavy atom. The van der Waals surface area contributed by atoms with Gasteiger partial charge < -0.3 is 4.57 Å². The molecule has 3 rings (SSSR count). The van der Waals surface area contributed by atoms with Gasteiger partial charge in [-0.25, -0.2) is 0 Å².